The summed E-state index contributed by atoms with van der Waals surface area (Å²) >= 11 is 0. The van der Waals surface area contributed by atoms with Crippen LogP contribution < -0.4 is 0 Å². The molecule has 382 valence electrons. The van der Waals surface area contributed by atoms with Crippen LogP contribution >= 0.6 is 10.0 Å². The van der Waals surface area contributed by atoms with Crippen molar-refractivity contribution < 1.29 is 0 Å². The molecule has 2 nitrogen and oxygen atoms in total. The molecule has 2 heterocycles. The van der Waals surface area contributed by atoms with Gasteiger partial charge in [0.15, 0.2) is 0 Å². The average molecular weight is 1050 g/mol. The van der Waals surface area contributed by atoms with Gasteiger partial charge in [0.1, 0.15) is 0 Å². The maximum Gasteiger partial charge on any atom is 0.0623 e. The number of benzene rings is 11. The zero-order valence-corrected chi connectivity index (χ0v) is 45.4. The van der Waals surface area contributed by atoms with Crippen molar-refractivity contribution in [2.24, 2.45) is 0 Å². The quantitative estimate of drug-likeness (QED) is 0.122. The van der Waals surface area contributed by atoms with E-state index in [-0.39, 0.29) is 0 Å². The Balaban J connectivity index is 1.06. The van der Waals surface area contributed by atoms with Gasteiger partial charge >= 0.3 is 0 Å². The summed E-state index contributed by atoms with van der Waals surface area (Å²) in [6, 6.07) is 115. The maximum absolute atomic E-state index is 3.69. The normalized spacial score (nSPS) is 12.4. The number of hydrogen-bond acceptors (Lipinski definition) is 0. The summed E-state index contributed by atoms with van der Waals surface area (Å²) in [5, 5.41) is 3.70. The Kier molecular flexibility index (Phi) is 12.0. The molecule has 14 aromatic rings. The van der Waals surface area contributed by atoms with Gasteiger partial charge in [0.25, 0.3) is 0 Å². The molecule has 0 radical (unpaired) electrons. The van der Waals surface area contributed by atoms with Crippen molar-refractivity contribution in [2.75, 3.05) is 0 Å². The Bertz CT molecular complexity index is 4480. The van der Waals surface area contributed by atoms with Crippen molar-refractivity contribution in [1.29, 1.82) is 0 Å². The molecule has 81 heavy (non-hydrogen) atoms. The highest BCUT2D eigenvalue weighted by Crippen LogP contribution is 2.75. The van der Waals surface area contributed by atoms with E-state index in [1.165, 1.54) is 96.9 Å². The second-order valence-corrected chi connectivity index (χ2v) is 24.0. The zero-order chi connectivity index (χ0) is 53.7. The van der Waals surface area contributed by atoms with Crippen LogP contribution in [0, 0.1) is 12.1 Å². The highest BCUT2D eigenvalue weighted by Gasteiger charge is 2.37. The van der Waals surface area contributed by atoms with Gasteiger partial charge in [-0.05, 0) is 137 Å². The Morgan fingerprint density at radius 3 is 1.53 bits per heavy atom. The first-order valence-electron chi connectivity index (χ1n) is 27.9. The predicted molar refractivity (Wildman–Crippen MR) is 340 cm³/mol. The standard InChI is InChI=1S/C78H54N2S/c1-8-27-55(28-9-1)60-49-61(56-29-10-2-11-30-56)51-65(50-60)81(63-37-18-6-19-38-63,64-39-20-7-21-40-64)66-53-71(58-33-14-4-15-34-58)78(72(54-66)59-35-16-5-17-36-59)80-75-46-25-23-42-69(75)73-52-62(47-48-76(73)80)79-74-45-24-22-41-68(74)70-44-26-43-67(77(70)79)57-31-12-3-13-32-57/h1-16,18-24,26-35,37-45,47-54H,25,46H2. The molecule has 15 rings (SSSR count). The molecule has 0 atom stereocenters. The Hall–Kier alpha value is -10.1. The van der Waals surface area contributed by atoms with Gasteiger partial charge in [-0.3, -0.25) is 0 Å². The molecule has 1 aliphatic rings. The van der Waals surface area contributed by atoms with E-state index in [9.17, 15) is 0 Å². The number of hydrogen-bond donors (Lipinski definition) is 0. The third-order valence-electron chi connectivity index (χ3n) is 16.3. The molecular weight excluding hydrogens is 997 g/mol. The van der Waals surface area contributed by atoms with Crippen molar-refractivity contribution in [2.45, 2.75) is 32.4 Å². The number of allylic oxidation sites excluding steroid dienone is 1. The summed E-state index contributed by atoms with van der Waals surface area (Å²) in [4.78, 5) is 4.99. The Labute approximate surface area is 475 Å². The molecule has 0 spiro atoms. The molecule has 12 aromatic carbocycles. The number of para-hydroxylation sites is 2. The molecule has 0 aliphatic heterocycles. The predicted octanol–water partition coefficient (Wildman–Crippen LogP) is 21.0. The van der Waals surface area contributed by atoms with Crippen LogP contribution in [0.4, 0.5) is 0 Å². The van der Waals surface area contributed by atoms with Crippen LogP contribution in [0.5, 0.6) is 0 Å². The largest absolute Gasteiger partial charge is 0.312 e. The summed E-state index contributed by atoms with van der Waals surface area (Å²) in [5.41, 5.74) is 19.9. The lowest BCUT2D eigenvalue weighted by Crippen LogP contribution is -2.10. The van der Waals surface area contributed by atoms with Crippen LogP contribution in [0.15, 0.2) is 317 Å². The monoisotopic (exact) mass is 1050 g/mol. The molecule has 0 saturated heterocycles. The third-order valence-corrected chi connectivity index (χ3v) is 20.2. The molecule has 0 N–H and O–H groups in total. The molecular formula is C78H54N2S. The highest BCUT2D eigenvalue weighted by molar-refractivity contribution is 8.34. The minimum absolute atomic E-state index is 0.890. The van der Waals surface area contributed by atoms with Gasteiger partial charge in [-0.2, -0.15) is 0 Å². The van der Waals surface area contributed by atoms with E-state index in [1.54, 1.807) is 0 Å². The number of fused-ring (bicyclic) bond motifs is 6. The van der Waals surface area contributed by atoms with E-state index in [4.69, 9.17) is 0 Å². The van der Waals surface area contributed by atoms with E-state index in [2.05, 4.69) is 319 Å². The van der Waals surface area contributed by atoms with Crippen LogP contribution in [0.2, 0.25) is 0 Å². The molecule has 3 heteroatoms. The fourth-order valence-electron chi connectivity index (χ4n) is 12.8. The summed E-state index contributed by atoms with van der Waals surface area (Å²) in [5.74, 6) is 0. The lowest BCUT2D eigenvalue weighted by molar-refractivity contribution is 0.889. The fraction of sp³-hybridized carbons (Fsp3) is 0.0256. The van der Waals surface area contributed by atoms with E-state index in [0.717, 1.165) is 46.5 Å². The lowest BCUT2D eigenvalue weighted by Gasteiger charge is -2.43. The van der Waals surface area contributed by atoms with Crippen molar-refractivity contribution in [3.63, 3.8) is 0 Å². The fourth-order valence-corrected chi connectivity index (χ4v) is 16.7. The van der Waals surface area contributed by atoms with Crippen molar-refractivity contribution >= 4 is 48.8 Å². The number of nitrogens with zero attached hydrogens (tertiary/aromatic N) is 2. The molecule has 0 saturated carbocycles. The molecule has 0 amide bonds. The van der Waals surface area contributed by atoms with Crippen LogP contribution in [0.1, 0.15) is 17.7 Å². The van der Waals surface area contributed by atoms with Gasteiger partial charge in [0.05, 0.1) is 22.2 Å². The number of rotatable bonds is 11. The topological polar surface area (TPSA) is 9.86 Å². The maximum atomic E-state index is 3.69. The zero-order valence-electron chi connectivity index (χ0n) is 44.6. The van der Waals surface area contributed by atoms with E-state index >= 15 is 0 Å². The van der Waals surface area contributed by atoms with Gasteiger partial charge in [-0.1, -0.05) is 224 Å². The molecule has 2 aromatic heterocycles. The van der Waals surface area contributed by atoms with Crippen molar-refractivity contribution in [3.05, 3.63) is 321 Å². The van der Waals surface area contributed by atoms with E-state index < -0.39 is 10.0 Å². The smallest absolute Gasteiger partial charge is 0.0623 e. The Morgan fingerprint density at radius 1 is 0.358 bits per heavy atom. The first-order chi connectivity index (χ1) is 40.2. The van der Waals surface area contributed by atoms with Gasteiger partial charge < -0.3 is 9.13 Å². The summed E-state index contributed by atoms with van der Waals surface area (Å²) in [6.07, 6.45) is 6.58. The second kappa shape index (κ2) is 20.3. The molecule has 0 unspecified atom stereocenters. The van der Waals surface area contributed by atoms with Crippen molar-refractivity contribution in [3.8, 4) is 67.0 Å². The molecule has 0 bridgehead atoms. The first kappa shape index (κ1) is 48.1. The highest BCUT2D eigenvalue weighted by atomic mass is 32.3. The average Bonchev–Trinajstić information content (AvgIpc) is 4.03. The SMILES string of the molecule is c1cccc(-c2cc(S(c3ccccc3)(c3ccccc3)c3cc(-c4ccccc4)cc(-c4ccccc4)c3)cc(-c3ccccc3)c2-n2c3c(c4cc(-n5c6ccccc6c6cccc(-c7ccccc7)c65)ccc42)C=CCC3)c#1. The minimum Gasteiger partial charge on any atom is -0.312 e. The van der Waals surface area contributed by atoms with Crippen LogP contribution in [0.3, 0.4) is 0 Å². The molecule has 0 fully saturated rings. The Morgan fingerprint density at radius 2 is 0.901 bits per heavy atom. The summed E-state index contributed by atoms with van der Waals surface area (Å²) in [6.45, 7) is 0. The number of aromatic nitrogens is 2. The first-order valence-corrected chi connectivity index (χ1v) is 29.6. The summed E-state index contributed by atoms with van der Waals surface area (Å²) in [7, 11) is -2.32. The van der Waals surface area contributed by atoms with Crippen LogP contribution in [-0.4, -0.2) is 9.13 Å². The van der Waals surface area contributed by atoms with E-state index in [0.29, 0.717) is 0 Å². The van der Waals surface area contributed by atoms with Gasteiger partial charge in [-0.25, -0.2) is 0 Å². The van der Waals surface area contributed by atoms with Crippen LogP contribution in [-0.2, 0) is 6.42 Å². The van der Waals surface area contributed by atoms with Gasteiger partial charge in [-0.15, -0.1) is 10.0 Å². The van der Waals surface area contributed by atoms with Crippen LogP contribution in [0.25, 0.3) is 106 Å². The summed E-state index contributed by atoms with van der Waals surface area (Å²) < 4.78 is 5.12. The minimum atomic E-state index is -2.32. The second-order valence-electron chi connectivity index (χ2n) is 20.9. The van der Waals surface area contributed by atoms with E-state index in [1.807, 2.05) is 6.07 Å². The van der Waals surface area contributed by atoms with Gasteiger partial charge in [0, 0.05) is 74.9 Å². The third kappa shape index (κ3) is 8.14. The van der Waals surface area contributed by atoms with Gasteiger partial charge in [0.2, 0.25) is 0 Å². The molecule has 1 aliphatic carbocycles. The lowest BCUT2D eigenvalue weighted by atomic mass is 9.95. The van der Waals surface area contributed by atoms with Crippen molar-refractivity contribution in [1.82, 2.24) is 9.13 Å².